The number of hydrogen-bond acceptors (Lipinski definition) is 4. The molecule has 0 fully saturated rings. The van der Waals surface area contributed by atoms with Gasteiger partial charge in [-0.25, -0.2) is 4.90 Å². The Balaban J connectivity index is 1.68. The van der Waals surface area contributed by atoms with Crippen molar-refractivity contribution < 1.29 is 9.59 Å². The van der Waals surface area contributed by atoms with Gasteiger partial charge in [0.25, 0.3) is 11.8 Å². The van der Waals surface area contributed by atoms with E-state index in [0.29, 0.717) is 26.3 Å². The number of hydrogen-bond donors (Lipinski definition) is 1. The molecule has 1 aliphatic heterocycles. The molecule has 0 aromatic heterocycles. The molecule has 4 rings (SSSR count). The van der Waals surface area contributed by atoms with Crippen LogP contribution in [0.2, 0.25) is 10.0 Å². The van der Waals surface area contributed by atoms with Crippen LogP contribution in [-0.4, -0.2) is 11.8 Å². The van der Waals surface area contributed by atoms with Crippen LogP contribution in [-0.2, 0) is 16.0 Å². The highest BCUT2D eigenvalue weighted by atomic mass is 35.5. The van der Waals surface area contributed by atoms with E-state index in [1.165, 1.54) is 22.2 Å². The number of unbranched alkanes of at least 4 members (excludes halogenated alkanes) is 1. The number of nitrogens with one attached hydrogen (secondary N) is 1. The summed E-state index contributed by atoms with van der Waals surface area (Å²) in [6, 6.07) is 20.2. The lowest BCUT2D eigenvalue weighted by Crippen LogP contribution is -2.32. The highest BCUT2D eigenvalue weighted by molar-refractivity contribution is 8.04. The van der Waals surface area contributed by atoms with Gasteiger partial charge < -0.3 is 5.32 Å². The van der Waals surface area contributed by atoms with Gasteiger partial charge in [0.1, 0.15) is 10.6 Å². The van der Waals surface area contributed by atoms with Gasteiger partial charge >= 0.3 is 0 Å². The van der Waals surface area contributed by atoms with Crippen molar-refractivity contribution in [3.8, 4) is 0 Å². The van der Waals surface area contributed by atoms with Crippen LogP contribution in [0.3, 0.4) is 0 Å². The smallest absolute Gasteiger partial charge is 0.283 e. The molecule has 0 atom stereocenters. The van der Waals surface area contributed by atoms with Crippen molar-refractivity contribution in [1.29, 1.82) is 0 Å². The lowest BCUT2D eigenvalue weighted by molar-refractivity contribution is -0.120. The van der Waals surface area contributed by atoms with E-state index in [0.717, 1.165) is 29.7 Å². The molecule has 0 saturated heterocycles. The lowest BCUT2D eigenvalue weighted by Gasteiger charge is -2.16. The molecule has 0 bridgehead atoms. The summed E-state index contributed by atoms with van der Waals surface area (Å²) in [5.41, 5.74) is 3.51. The average molecular weight is 511 g/mol. The van der Waals surface area contributed by atoms with Gasteiger partial charge in [-0.3, -0.25) is 9.59 Å². The predicted molar refractivity (Wildman–Crippen MR) is 142 cm³/mol. The molecule has 0 aliphatic carbocycles. The Labute approximate surface area is 213 Å². The van der Waals surface area contributed by atoms with Crippen LogP contribution in [0.25, 0.3) is 0 Å². The summed E-state index contributed by atoms with van der Waals surface area (Å²) in [7, 11) is 0. The molecule has 7 heteroatoms. The van der Waals surface area contributed by atoms with Gasteiger partial charge in [-0.05, 0) is 79.4 Å². The summed E-state index contributed by atoms with van der Waals surface area (Å²) in [6.45, 7) is 4.06. The number of amides is 2. The van der Waals surface area contributed by atoms with Gasteiger partial charge in [-0.1, -0.05) is 66.5 Å². The molecule has 3 aromatic rings. The zero-order valence-electron chi connectivity index (χ0n) is 18.9. The SMILES string of the molecule is CCCCc1ccc(N2C(=O)C(Nc3ccc(C)c(Cl)c3)=C(Sc3ccc(Cl)cc3)C2=O)cc1. The first kappa shape index (κ1) is 24.4. The molecule has 4 nitrogen and oxygen atoms in total. The second-order valence-electron chi connectivity index (χ2n) is 8.06. The average Bonchev–Trinajstić information content (AvgIpc) is 3.05. The van der Waals surface area contributed by atoms with E-state index in [2.05, 4.69) is 12.2 Å². The number of aryl methyl sites for hydroxylation is 2. The van der Waals surface area contributed by atoms with Crippen molar-refractivity contribution in [2.24, 2.45) is 0 Å². The van der Waals surface area contributed by atoms with Gasteiger partial charge in [-0.15, -0.1) is 0 Å². The fourth-order valence-corrected chi connectivity index (χ4v) is 4.81. The molecule has 3 aromatic carbocycles. The molecule has 34 heavy (non-hydrogen) atoms. The van der Waals surface area contributed by atoms with E-state index in [1.807, 2.05) is 55.5 Å². The van der Waals surface area contributed by atoms with Crippen LogP contribution in [0.4, 0.5) is 11.4 Å². The van der Waals surface area contributed by atoms with Crippen LogP contribution in [0.5, 0.6) is 0 Å². The minimum Gasteiger partial charge on any atom is -0.350 e. The Hall–Kier alpha value is -2.73. The first-order valence-corrected chi connectivity index (χ1v) is 12.6. The molecule has 0 radical (unpaired) electrons. The van der Waals surface area contributed by atoms with Gasteiger partial charge in [0.05, 0.1) is 5.69 Å². The van der Waals surface area contributed by atoms with E-state index in [-0.39, 0.29) is 11.6 Å². The molecule has 1 aliphatic rings. The van der Waals surface area contributed by atoms with Gasteiger partial charge in [0, 0.05) is 20.6 Å². The molecular formula is C27H24Cl2N2O2S. The van der Waals surface area contributed by atoms with Crippen LogP contribution in [0.1, 0.15) is 30.9 Å². The van der Waals surface area contributed by atoms with E-state index < -0.39 is 5.91 Å². The van der Waals surface area contributed by atoms with Crippen LogP contribution < -0.4 is 10.2 Å². The third-order valence-electron chi connectivity index (χ3n) is 5.53. The quantitative estimate of drug-likeness (QED) is 0.316. The van der Waals surface area contributed by atoms with Gasteiger partial charge in [0.2, 0.25) is 0 Å². The zero-order chi connectivity index (χ0) is 24.2. The number of nitrogens with zero attached hydrogens (tertiary/aromatic N) is 1. The molecule has 2 amide bonds. The first-order chi connectivity index (χ1) is 16.4. The second kappa shape index (κ2) is 10.7. The number of benzene rings is 3. The largest absolute Gasteiger partial charge is 0.350 e. The normalized spacial score (nSPS) is 13.7. The van der Waals surface area contributed by atoms with E-state index in [9.17, 15) is 9.59 Å². The fourth-order valence-electron chi connectivity index (χ4n) is 3.58. The van der Waals surface area contributed by atoms with Crippen molar-refractivity contribution in [2.75, 3.05) is 10.2 Å². The number of halogens is 2. The molecule has 0 saturated carbocycles. The van der Waals surface area contributed by atoms with Crippen molar-refractivity contribution in [1.82, 2.24) is 0 Å². The van der Waals surface area contributed by atoms with Gasteiger partial charge in [0.15, 0.2) is 0 Å². The Bertz CT molecular complexity index is 1250. The summed E-state index contributed by atoms with van der Waals surface area (Å²) in [6.07, 6.45) is 3.17. The number of imide groups is 1. The lowest BCUT2D eigenvalue weighted by atomic mass is 10.1. The third-order valence-corrected chi connectivity index (χ3v) is 7.28. The van der Waals surface area contributed by atoms with E-state index in [1.54, 1.807) is 18.2 Å². The first-order valence-electron chi connectivity index (χ1n) is 11.1. The number of anilines is 2. The number of rotatable bonds is 8. The predicted octanol–water partition coefficient (Wildman–Crippen LogP) is 7.63. The highest BCUT2D eigenvalue weighted by Crippen LogP contribution is 2.38. The van der Waals surface area contributed by atoms with E-state index in [4.69, 9.17) is 23.2 Å². The van der Waals surface area contributed by atoms with Crippen LogP contribution >= 0.6 is 35.0 Å². The summed E-state index contributed by atoms with van der Waals surface area (Å²) < 4.78 is 0. The highest BCUT2D eigenvalue weighted by Gasteiger charge is 2.40. The summed E-state index contributed by atoms with van der Waals surface area (Å²) >= 11 is 13.5. The molecule has 1 N–H and O–H groups in total. The number of carbonyl (C=O) groups excluding carboxylic acids is 2. The van der Waals surface area contributed by atoms with Crippen LogP contribution in [0.15, 0.2) is 82.2 Å². The van der Waals surface area contributed by atoms with E-state index >= 15 is 0 Å². The van der Waals surface area contributed by atoms with Crippen molar-refractivity contribution in [2.45, 2.75) is 38.0 Å². The monoisotopic (exact) mass is 510 g/mol. The summed E-state index contributed by atoms with van der Waals surface area (Å²) in [5.74, 6) is -0.772. The Morgan fingerprint density at radius 2 is 1.62 bits per heavy atom. The Kier molecular flexibility index (Phi) is 7.67. The number of carbonyl (C=O) groups is 2. The Morgan fingerprint density at radius 1 is 0.912 bits per heavy atom. The molecule has 1 heterocycles. The number of thioether (sulfide) groups is 1. The maximum Gasteiger partial charge on any atom is 0.283 e. The summed E-state index contributed by atoms with van der Waals surface area (Å²) in [5, 5.41) is 4.33. The van der Waals surface area contributed by atoms with Crippen molar-refractivity contribution >= 4 is 58.2 Å². The summed E-state index contributed by atoms with van der Waals surface area (Å²) in [4.78, 5) is 29.3. The minimum atomic E-state index is -0.403. The molecular weight excluding hydrogens is 487 g/mol. The molecule has 0 spiro atoms. The van der Waals surface area contributed by atoms with Crippen molar-refractivity contribution in [3.63, 3.8) is 0 Å². The zero-order valence-corrected chi connectivity index (χ0v) is 21.2. The second-order valence-corrected chi connectivity index (χ2v) is 9.99. The molecule has 174 valence electrons. The Morgan fingerprint density at radius 3 is 2.26 bits per heavy atom. The van der Waals surface area contributed by atoms with Crippen LogP contribution in [0, 0.1) is 6.92 Å². The third kappa shape index (κ3) is 5.33. The van der Waals surface area contributed by atoms with Gasteiger partial charge in [-0.2, -0.15) is 0 Å². The fraction of sp³-hybridized carbons (Fsp3) is 0.185. The van der Waals surface area contributed by atoms with Crippen molar-refractivity contribution in [3.05, 3.63) is 98.5 Å². The standard InChI is InChI=1S/C27H24Cl2N2O2S/c1-3-4-5-18-7-12-21(13-8-18)31-26(32)24(30-20-11-6-17(2)23(29)16-20)25(27(31)33)34-22-14-9-19(28)10-15-22/h6-16,30H,3-5H2,1-2H3. The maximum absolute atomic E-state index is 13.5. The molecule has 0 unspecified atom stereocenters. The minimum absolute atomic E-state index is 0.222. The maximum atomic E-state index is 13.5. The topological polar surface area (TPSA) is 49.4 Å².